The predicted octanol–water partition coefficient (Wildman–Crippen LogP) is 1.41. The van der Waals surface area contributed by atoms with Gasteiger partial charge in [-0.25, -0.2) is 4.79 Å². The minimum absolute atomic E-state index is 0.000180. The van der Waals surface area contributed by atoms with Crippen molar-refractivity contribution in [1.82, 2.24) is 0 Å². The van der Waals surface area contributed by atoms with Crippen LogP contribution in [0.1, 0.15) is 33.6 Å². The number of hydrogen-bond acceptors (Lipinski definition) is 5. The predicted molar refractivity (Wildman–Crippen MR) is 61.3 cm³/mol. The van der Waals surface area contributed by atoms with Crippen molar-refractivity contribution in [3.05, 3.63) is 11.6 Å². The van der Waals surface area contributed by atoms with Crippen LogP contribution in [0.4, 0.5) is 0 Å². The molecule has 0 aliphatic heterocycles. The van der Waals surface area contributed by atoms with Crippen LogP contribution in [0.3, 0.4) is 0 Å². The van der Waals surface area contributed by atoms with E-state index in [1.54, 1.807) is 13.0 Å². The Morgan fingerprint density at radius 3 is 2.18 bits per heavy atom. The summed E-state index contributed by atoms with van der Waals surface area (Å²) in [4.78, 5) is 32.9. The number of Topliss-reactive ketones (excluding diaryl/α,β-unsaturated/α-hetero) is 1. The average Bonchev–Trinajstić information content (AvgIpc) is 2.25. The van der Waals surface area contributed by atoms with Crippen LogP contribution in [0.5, 0.6) is 0 Å². The molecule has 0 N–H and O–H groups in total. The number of esters is 2. The van der Waals surface area contributed by atoms with Gasteiger partial charge in [-0.15, -0.1) is 0 Å². The minimum Gasteiger partial charge on any atom is -0.462 e. The second-order valence-corrected chi connectivity index (χ2v) is 3.40. The van der Waals surface area contributed by atoms with Crippen molar-refractivity contribution in [1.29, 1.82) is 0 Å². The fraction of sp³-hybridized carbons (Fsp3) is 0.583. The monoisotopic (exact) mass is 242 g/mol. The second-order valence-electron chi connectivity index (χ2n) is 3.40. The second kappa shape index (κ2) is 8.50. The summed E-state index contributed by atoms with van der Waals surface area (Å²) in [5, 5.41) is 0. The van der Waals surface area contributed by atoms with Gasteiger partial charge in [-0.1, -0.05) is 13.0 Å². The number of hydrogen-bond donors (Lipinski definition) is 0. The molecule has 0 heterocycles. The highest BCUT2D eigenvalue weighted by molar-refractivity contribution is 5.94. The Bertz CT molecular complexity index is 317. The zero-order valence-corrected chi connectivity index (χ0v) is 10.4. The minimum atomic E-state index is -0.602. The SMILES string of the molecule is CC=C(CC)C(=O)OCCOC(=O)CC(C)=O. The van der Waals surface area contributed by atoms with Crippen LogP contribution in [0, 0.1) is 0 Å². The van der Waals surface area contributed by atoms with E-state index in [1.165, 1.54) is 6.92 Å². The first-order chi connectivity index (χ1) is 8.01. The molecule has 5 nitrogen and oxygen atoms in total. The van der Waals surface area contributed by atoms with Crippen LogP contribution < -0.4 is 0 Å². The molecule has 17 heavy (non-hydrogen) atoms. The average molecular weight is 242 g/mol. The number of carbonyl (C=O) groups is 3. The summed E-state index contributed by atoms with van der Waals surface area (Å²) < 4.78 is 9.57. The van der Waals surface area contributed by atoms with Gasteiger partial charge in [-0.2, -0.15) is 0 Å². The Hall–Kier alpha value is -1.65. The van der Waals surface area contributed by atoms with Gasteiger partial charge < -0.3 is 9.47 Å². The zero-order valence-electron chi connectivity index (χ0n) is 10.4. The van der Waals surface area contributed by atoms with Gasteiger partial charge in [0, 0.05) is 5.57 Å². The summed E-state index contributed by atoms with van der Waals surface area (Å²) in [6.45, 7) is 4.88. The molecule has 0 saturated heterocycles. The van der Waals surface area contributed by atoms with E-state index in [0.29, 0.717) is 12.0 Å². The van der Waals surface area contributed by atoms with Crippen LogP contribution in [0.2, 0.25) is 0 Å². The van der Waals surface area contributed by atoms with E-state index in [1.807, 2.05) is 6.92 Å². The van der Waals surface area contributed by atoms with E-state index in [-0.39, 0.29) is 25.4 Å². The molecule has 0 bridgehead atoms. The van der Waals surface area contributed by atoms with Gasteiger partial charge in [0.2, 0.25) is 0 Å². The largest absolute Gasteiger partial charge is 0.462 e. The van der Waals surface area contributed by atoms with E-state index < -0.39 is 11.9 Å². The molecule has 0 aromatic rings. The quantitative estimate of drug-likeness (QED) is 0.292. The molecule has 0 spiro atoms. The summed E-state index contributed by atoms with van der Waals surface area (Å²) in [5.41, 5.74) is 0.583. The number of rotatable bonds is 7. The van der Waals surface area contributed by atoms with Gasteiger partial charge in [0.1, 0.15) is 25.4 Å². The zero-order chi connectivity index (χ0) is 13.3. The van der Waals surface area contributed by atoms with E-state index >= 15 is 0 Å². The lowest BCUT2D eigenvalue weighted by Gasteiger charge is -2.06. The topological polar surface area (TPSA) is 69.7 Å². The van der Waals surface area contributed by atoms with Crippen molar-refractivity contribution in [3.8, 4) is 0 Å². The lowest BCUT2D eigenvalue weighted by molar-refractivity contribution is -0.151. The number of ketones is 1. The highest BCUT2D eigenvalue weighted by Crippen LogP contribution is 2.02. The maximum absolute atomic E-state index is 11.3. The molecule has 0 radical (unpaired) electrons. The maximum atomic E-state index is 11.3. The fourth-order valence-electron chi connectivity index (χ4n) is 1.10. The van der Waals surface area contributed by atoms with E-state index in [0.717, 1.165) is 0 Å². The summed E-state index contributed by atoms with van der Waals surface area (Å²) in [6.07, 6.45) is 2.03. The highest BCUT2D eigenvalue weighted by atomic mass is 16.6. The number of carbonyl (C=O) groups excluding carboxylic acids is 3. The molecule has 0 atom stereocenters. The van der Waals surface area contributed by atoms with Crippen molar-refractivity contribution in [2.45, 2.75) is 33.6 Å². The van der Waals surface area contributed by atoms with Crippen LogP contribution in [-0.4, -0.2) is 30.9 Å². The van der Waals surface area contributed by atoms with Gasteiger partial charge in [0.05, 0.1) is 0 Å². The Morgan fingerprint density at radius 2 is 1.71 bits per heavy atom. The first-order valence-electron chi connectivity index (χ1n) is 5.48. The molecule has 0 rings (SSSR count). The van der Waals surface area contributed by atoms with Gasteiger partial charge in [0.25, 0.3) is 0 Å². The highest BCUT2D eigenvalue weighted by Gasteiger charge is 2.09. The third kappa shape index (κ3) is 7.27. The summed E-state index contributed by atoms with van der Waals surface area (Å²) in [6, 6.07) is 0. The van der Waals surface area contributed by atoms with Crippen molar-refractivity contribution in [3.63, 3.8) is 0 Å². The molecular weight excluding hydrogens is 224 g/mol. The van der Waals surface area contributed by atoms with Crippen molar-refractivity contribution >= 4 is 17.7 Å². The molecule has 96 valence electrons. The van der Waals surface area contributed by atoms with Crippen LogP contribution >= 0.6 is 0 Å². The van der Waals surface area contributed by atoms with E-state index in [2.05, 4.69) is 0 Å². The summed E-state index contributed by atoms with van der Waals surface area (Å²) >= 11 is 0. The summed E-state index contributed by atoms with van der Waals surface area (Å²) in [5.74, 6) is -1.26. The van der Waals surface area contributed by atoms with Crippen LogP contribution in [0.15, 0.2) is 11.6 Å². The Kier molecular flexibility index (Phi) is 7.67. The van der Waals surface area contributed by atoms with Crippen molar-refractivity contribution < 1.29 is 23.9 Å². The standard InChI is InChI=1S/C12H18O5/c1-4-10(5-2)12(15)17-7-6-16-11(14)8-9(3)13/h4H,5-8H2,1-3H3. The molecule has 0 saturated carbocycles. The van der Waals surface area contributed by atoms with Crippen LogP contribution in [0.25, 0.3) is 0 Å². The van der Waals surface area contributed by atoms with Crippen LogP contribution in [-0.2, 0) is 23.9 Å². The molecule has 0 aromatic heterocycles. The summed E-state index contributed by atoms with van der Waals surface area (Å²) in [7, 11) is 0. The number of allylic oxidation sites excluding steroid dienone is 1. The molecule has 0 fully saturated rings. The molecule has 5 heteroatoms. The van der Waals surface area contributed by atoms with Gasteiger partial charge in [0.15, 0.2) is 0 Å². The molecule has 0 aromatic carbocycles. The van der Waals surface area contributed by atoms with Gasteiger partial charge >= 0.3 is 11.9 Å². The maximum Gasteiger partial charge on any atom is 0.333 e. The smallest absolute Gasteiger partial charge is 0.333 e. The Morgan fingerprint density at radius 1 is 1.12 bits per heavy atom. The third-order valence-corrected chi connectivity index (χ3v) is 1.96. The van der Waals surface area contributed by atoms with Gasteiger partial charge in [-0.3, -0.25) is 9.59 Å². The molecule has 0 aliphatic rings. The Balaban J connectivity index is 3.75. The fourth-order valence-corrected chi connectivity index (χ4v) is 1.10. The van der Waals surface area contributed by atoms with Gasteiger partial charge in [-0.05, 0) is 20.3 Å². The lowest BCUT2D eigenvalue weighted by atomic mass is 10.2. The molecular formula is C12H18O5. The first-order valence-corrected chi connectivity index (χ1v) is 5.48. The van der Waals surface area contributed by atoms with Crippen molar-refractivity contribution in [2.24, 2.45) is 0 Å². The normalized spacial score (nSPS) is 10.9. The Labute approximate surface area is 101 Å². The lowest BCUT2D eigenvalue weighted by Crippen LogP contribution is -2.16. The van der Waals surface area contributed by atoms with Crippen molar-refractivity contribution in [2.75, 3.05) is 13.2 Å². The third-order valence-electron chi connectivity index (χ3n) is 1.96. The molecule has 0 aliphatic carbocycles. The number of ether oxygens (including phenoxy) is 2. The molecule has 0 unspecified atom stereocenters. The van der Waals surface area contributed by atoms with E-state index in [9.17, 15) is 14.4 Å². The van der Waals surface area contributed by atoms with E-state index in [4.69, 9.17) is 9.47 Å². The molecule has 0 amide bonds. The first kappa shape index (κ1) is 15.3.